The normalized spacial score (nSPS) is 13.9. The number of hydrogen-bond acceptors (Lipinski definition) is 8. The van der Waals surface area contributed by atoms with Crippen LogP contribution in [0.4, 0.5) is 0 Å². The fraction of sp³-hybridized carbons (Fsp3) is 0.667. The number of carboxylic acid groups (broad SMARTS) is 1. The van der Waals surface area contributed by atoms with Crippen molar-refractivity contribution in [2.45, 2.75) is 76.5 Å². The van der Waals surface area contributed by atoms with Gasteiger partial charge in [0.1, 0.15) is 18.1 Å². The minimum atomic E-state index is -1.47. The van der Waals surface area contributed by atoms with Gasteiger partial charge in [-0.2, -0.15) is 0 Å². The number of rotatable bonds is 18. The average molecular weight is 530 g/mol. The van der Waals surface area contributed by atoms with Crippen LogP contribution in [0.15, 0.2) is 4.99 Å². The van der Waals surface area contributed by atoms with Gasteiger partial charge in [0.2, 0.25) is 29.5 Å². The van der Waals surface area contributed by atoms with Gasteiger partial charge < -0.3 is 49.7 Å². The maximum absolute atomic E-state index is 13.0. The molecule has 0 saturated heterocycles. The topological polar surface area (TPSA) is 301 Å². The van der Waals surface area contributed by atoms with Crippen LogP contribution in [0.1, 0.15) is 52.4 Å². The van der Waals surface area contributed by atoms with Crippen molar-refractivity contribution >= 4 is 41.5 Å². The van der Waals surface area contributed by atoms with E-state index >= 15 is 0 Å². The van der Waals surface area contributed by atoms with Gasteiger partial charge in [-0.3, -0.25) is 29.0 Å². The molecule has 37 heavy (non-hydrogen) atoms. The number of aliphatic carboxylic acids is 1. The molecule has 16 nitrogen and oxygen atoms in total. The number of carbonyl (C=O) groups excluding carboxylic acids is 5. The molecule has 0 heterocycles. The first kappa shape index (κ1) is 33.0. The van der Waals surface area contributed by atoms with Gasteiger partial charge in [-0.05, 0) is 31.6 Å². The predicted molar refractivity (Wildman–Crippen MR) is 133 cm³/mol. The van der Waals surface area contributed by atoms with E-state index in [4.69, 9.17) is 28.7 Å². The van der Waals surface area contributed by atoms with Crippen molar-refractivity contribution in [3.63, 3.8) is 0 Å². The molecule has 0 aliphatic rings. The van der Waals surface area contributed by atoms with E-state index in [2.05, 4.69) is 20.9 Å². The summed E-state index contributed by atoms with van der Waals surface area (Å²) in [4.78, 5) is 75.8. The van der Waals surface area contributed by atoms with E-state index in [0.29, 0.717) is 6.42 Å². The first-order valence-electron chi connectivity index (χ1n) is 11.7. The molecule has 0 spiro atoms. The van der Waals surface area contributed by atoms with Crippen LogP contribution >= 0.6 is 0 Å². The molecule has 0 saturated carbocycles. The van der Waals surface area contributed by atoms with Crippen LogP contribution in [-0.2, 0) is 28.8 Å². The van der Waals surface area contributed by atoms with Crippen LogP contribution in [-0.4, -0.2) is 77.3 Å². The Morgan fingerprint density at radius 3 is 1.73 bits per heavy atom. The van der Waals surface area contributed by atoms with Gasteiger partial charge in [-0.15, -0.1) is 0 Å². The average Bonchev–Trinajstić information content (AvgIpc) is 2.78. The number of nitrogens with one attached hydrogen (secondary N) is 3. The van der Waals surface area contributed by atoms with Gasteiger partial charge in [-0.1, -0.05) is 13.8 Å². The van der Waals surface area contributed by atoms with Crippen LogP contribution in [0.3, 0.4) is 0 Å². The molecule has 0 rings (SSSR count). The molecule has 0 aliphatic heterocycles. The van der Waals surface area contributed by atoms with Crippen molar-refractivity contribution in [1.29, 1.82) is 0 Å². The number of carbonyl (C=O) groups is 6. The molecule has 4 atom stereocenters. The SMILES string of the molecule is CC(C)C(NC(=O)C(N)CCCN=C(N)N)C(=O)NC(CCC(N)=O)C(=O)NC(CCC(N)=O)C(=O)O. The lowest BCUT2D eigenvalue weighted by Gasteiger charge is -2.27. The van der Waals surface area contributed by atoms with Gasteiger partial charge in [-0.25, -0.2) is 4.79 Å². The Bertz CT molecular complexity index is 859. The molecule has 16 heteroatoms. The summed E-state index contributed by atoms with van der Waals surface area (Å²) in [6, 6.07) is -4.89. The van der Waals surface area contributed by atoms with Crippen LogP contribution < -0.4 is 44.6 Å². The quantitative estimate of drug-likeness (QED) is 0.0472. The van der Waals surface area contributed by atoms with E-state index in [9.17, 15) is 33.9 Å². The molecule has 0 aromatic carbocycles. The van der Waals surface area contributed by atoms with E-state index < -0.39 is 65.6 Å². The number of aliphatic imine (C=N–C) groups is 1. The fourth-order valence-corrected chi connectivity index (χ4v) is 3.08. The summed E-state index contributed by atoms with van der Waals surface area (Å²) in [6.07, 6.45) is -0.460. The van der Waals surface area contributed by atoms with Gasteiger partial charge in [0, 0.05) is 19.4 Å². The summed E-state index contributed by atoms with van der Waals surface area (Å²) in [6.45, 7) is 3.57. The Kier molecular flexibility index (Phi) is 14.9. The number of primary amides is 2. The van der Waals surface area contributed by atoms with E-state index in [1.54, 1.807) is 13.8 Å². The van der Waals surface area contributed by atoms with Crippen molar-refractivity contribution in [3.8, 4) is 0 Å². The number of nitrogens with two attached hydrogens (primary N) is 5. The smallest absolute Gasteiger partial charge is 0.326 e. The third-order valence-corrected chi connectivity index (χ3v) is 5.16. The molecule has 14 N–H and O–H groups in total. The van der Waals surface area contributed by atoms with Crippen LogP contribution in [0.5, 0.6) is 0 Å². The molecule has 0 aromatic heterocycles. The third kappa shape index (κ3) is 14.3. The predicted octanol–water partition coefficient (Wildman–Crippen LogP) is -3.91. The number of carboxylic acids is 1. The monoisotopic (exact) mass is 529 g/mol. The number of hydrogen-bond donors (Lipinski definition) is 9. The van der Waals surface area contributed by atoms with Crippen molar-refractivity contribution in [1.82, 2.24) is 16.0 Å². The fourth-order valence-electron chi connectivity index (χ4n) is 3.08. The summed E-state index contributed by atoms with van der Waals surface area (Å²) < 4.78 is 0. The van der Waals surface area contributed by atoms with Crippen molar-refractivity contribution in [2.75, 3.05) is 6.54 Å². The first-order valence-corrected chi connectivity index (χ1v) is 11.7. The molecule has 0 aliphatic carbocycles. The van der Waals surface area contributed by atoms with Crippen LogP contribution in [0.25, 0.3) is 0 Å². The maximum atomic E-state index is 13.0. The lowest BCUT2D eigenvalue weighted by Crippen LogP contribution is -2.58. The molecule has 0 bridgehead atoms. The van der Waals surface area contributed by atoms with Gasteiger partial charge >= 0.3 is 5.97 Å². The van der Waals surface area contributed by atoms with E-state index in [-0.39, 0.29) is 44.6 Å². The number of guanidine groups is 1. The summed E-state index contributed by atoms with van der Waals surface area (Å²) in [5.41, 5.74) is 26.6. The standard InChI is InChI=1S/C21H39N9O7/c1-10(2)16(30-17(33)11(22)4-3-9-27-21(25)26)19(35)28-12(5-7-14(23)31)18(34)29-13(20(36)37)6-8-15(24)32/h10-13,16H,3-9,22H2,1-2H3,(H2,23,31)(H2,24,32)(H,28,35)(H,29,34)(H,30,33)(H,36,37)(H4,25,26,27). The largest absolute Gasteiger partial charge is 0.480 e. The molecule has 0 fully saturated rings. The van der Waals surface area contributed by atoms with Crippen molar-refractivity contribution in [3.05, 3.63) is 0 Å². The van der Waals surface area contributed by atoms with Gasteiger partial charge in [0.05, 0.1) is 6.04 Å². The number of nitrogens with zero attached hydrogens (tertiary/aromatic N) is 1. The lowest BCUT2D eigenvalue weighted by molar-refractivity contribution is -0.143. The third-order valence-electron chi connectivity index (χ3n) is 5.16. The van der Waals surface area contributed by atoms with Crippen molar-refractivity contribution < 1.29 is 33.9 Å². The summed E-state index contributed by atoms with van der Waals surface area (Å²) in [5, 5.41) is 16.5. The summed E-state index contributed by atoms with van der Waals surface area (Å²) in [5.74, 6) is -5.75. The van der Waals surface area contributed by atoms with E-state index in [1.807, 2.05) is 0 Å². The van der Waals surface area contributed by atoms with E-state index in [0.717, 1.165) is 0 Å². The van der Waals surface area contributed by atoms with Crippen molar-refractivity contribution in [2.24, 2.45) is 39.6 Å². The number of amides is 5. The molecule has 0 aromatic rings. The summed E-state index contributed by atoms with van der Waals surface area (Å²) >= 11 is 0. The maximum Gasteiger partial charge on any atom is 0.326 e. The molecule has 4 unspecified atom stereocenters. The Morgan fingerprint density at radius 1 is 0.757 bits per heavy atom. The molecule has 0 radical (unpaired) electrons. The molecule has 5 amide bonds. The zero-order valence-corrected chi connectivity index (χ0v) is 21.1. The Balaban J connectivity index is 5.41. The first-order chi connectivity index (χ1) is 17.1. The highest BCUT2D eigenvalue weighted by molar-refractivity contribution is 5.94. The van der Waals surface area contributed by atoms with Crippen LogP contribution in [0.2, 0.25) is 0 Å². The minimum absolute atomic E-state index is 0.0907. The lowest BCUT2D eigenvalue weighted by atomic mass is 10.0. The summed E-state index contributed by atoms with van der Waals surface area (Å²) in [7, 11) is 0. The van der Waals surface area contributed by atoms with Crippen LogP contribution in [0, 0.1) is 5.92 Å². The second-order valence-corrected chi connectivity index (χ2v) is 8.76. The molecular weight excluding hydrogens is 490 g/mol. The minimum Gasteiger partial charge on any atom is -0.480 e. The Morgan fingerprint density at radius 2 is 1.27 bits per heavy atom. The zero-order chi connectivity index (χ0) is 28.7. The molecular formula is C21H39N9O7. The highest BCUT2D eigenvalue weighted by Crippen LogP contribution is 2.07. The molecule has 210 valence electrons. The Labute approximate surface area is 214 Å². The van der Waals surface area contributed by atoms with Gasteiger partial charge in [0.25, 0.3) is 0 Å². The van der Waals surface area contributed by atoms with E-state index in [1.165, 1.54) is 0 Å². The van der Waals surface area contributed by atoms with Gasteiger partial charge in [0.15, 0.2) is 5.96 Å². The second kappa shape index (κ2) is 16.7. The Hall–Kier alpha value is -3.95. The second-order valence-electron chi connectivity index (χ2n) is 8.76. The zero-order valence-electron chi connectivity index (χ0n) is 21.1. The highest BCUT2D eigenvalue weighted by Gasteiger charge is 2.31. The highest BCUT2D eigenvalue weighted by atomic mass is 16.4.